The van der Waals surface area contributed by atoms with Crippen molar-refractivity contribution in [3.8, 4) is 5.75 Å². The third-order valence-electron chi connectivity index (χ3n) is 3.96. The van der Waals surface area contributed by atoms with Gasteiger partial charge < -0.3 is 14.0 Å². The molecule has 2 aromatic heterocycles. The highest BCUT2D eigenvalue weighted by molar-refractivity contribution is 7.16. The van der Waals surface area contributed by atoms with E-state index in [2.05, 4.69) is 10.1 Å². The molecule has 0 saturated heterocycles. The number of rotatable bonds is 6. The molecule has 0 atom stereocenters. The van der Waals surface area contributed by atoms with Gasteiger partial charge in [0.25, 0.3) is 5.91 Å². The molecule has 8 heteroatoms. The van der Waals surface area contributed by atoms with Crippen molar-refractivity contribution in [3.63, 3.8) is 0 Å². The lowest BCUT2D eigenvalue weighted by molar-refractivity contribution is 0.0990. The predicted octanol–water partition coefficient (Wildman–Crippen LogP) is 2.53. The fraction of sp³-hybridized carbons (Fsp3) is 0.389. The molecule has 0 radical (unpaired) electrons. The van der Waals surface area contributed by atoms with Gasteiger partial charge in [0.15, 0.2) is 10.5 Å². The third-order valence-corrected chi connectivity index (χ3v) is 5.01. The minimum absolute atomic E-state index is 0.341. The first kappa shape index (κ1) is 18.3. The van der Waals surface area contributed by atoms with Gasteiger partial charge in [0.2, 0.25) is 0 Å². The third kappa shape index (κ3) is 3.71. The fourth-order valence-corrected chi connectivity index (χ4v) is 3.82. The van der Waals surface area contributed by atoms with Crippen molar-refractivity contribution in [2.75, 3.05) is 20.3 Å². The van der Waals surface area contributed by atoms with E-state index in [1.54, 1.807) is 18.8 Å². The van der Waals surface area contributed by atoms with E-state index >= 15 is 0 Å². The number of methoxy groups -OCH3 is 1. The van der Waals surface area contributed by atoms with Crippen molar-refractivity contribution in [2.45, 2.75) is 20.4 Å². The van der Waals surface area contributed by atoms with E-state index in [0.29, 0.717) is 30.3 Å². The van der Waals surface area contributed by atoms with Gasteiger partial charge >= 0.3 is 0 Å². The second-order valence-corrected chi connectivity index (χ2v) is 6.83. The van der Waals surface area contributed by atoms with Crippen LogP contribution in [0.25, 0.3) is 10.2 Å². The highest BCUT2D eigenvalue weighted by Gasteiger charge is 2.14. The number of benzene rings is 1. The van der Waals surface area contributed by atoms with Gasteiger partial charge in [-0.25, -0.2) is 0 Å². The summed E-state index contributed by atoms with van der Waals surface area (Å²) < 4.78 is 15.4. The van der Waals surface area contributed by atoms with Gasteiger partial charge in [-0.05, 0) is 32.0 Å². The lowest BCUT2D eigenvalue weighted by Crippen LogP contribution is -2.20. The van der Waals surface area contributed by atoms with E-state index in [9.17, 15) is 4.79 Å². The Bertz CT molecular complexity index is 1000. The molecule has 26 heavy (non-hydrogen) atoms. The largest absolute Gasteiger partial charge is 0.497 e. The number of ether oxygens (including phenoxy) is 2. The van der Waals surface area contributed by atoms with E-state index in [1.807, 2.05) is 42.8 Å². The average Bonchev–Trinajstić information content (AvgIpc) is 3.13. The lowest BCUT2D eigenvalue weighted by atomic mass is 10.3. The van der Waals surface area contributed by atoms with Crippen molar-refractivity contribution in [2.24, 2.45) is 12.0 Å². The van der Waals surface area contributed by atoms with Gasteiger partial charge in [-0.3, -0.25) is 9.48 Å². The first-order valence-corrected chi connectivity index (χ1v) is 9.19. The molecule has 0 N–H and O–H groups in total. The zero-order chi connectivity index (χ0) is 18.7. The van der Waals surface area contributed by atoms with Crippen LogP contribution in [0, 0.1) is 6.92 Å². The van der Waals surface area contributed by atoms with Gasteiger partial charge in [-0.1, -0.05) is 11.3 Å². The SMILES string of the molecule is CCOCCn1c(=NC(=O)c2nn(C)cc2C)sc2cc(OC)ccc21. The summed E-state index contributed by atoms with van der Waals surface area (Å²) in [5.41, 5.74) is 2.18. The Morgan fingerprint density at radius 1 is 1.38 bits per heavy atom. The van der Waals surface area contributed by atoms with Gasteiger partial charge in [-0.15, -0.1) is 0 Å². The Morgan fingerprint density at radius 2 is 2.19 bits per heavy atom. The molecular formula is C18H22N4O3S. The topological polar surface area (TPSA) is 70.6 Å². The number of aromatic nitrogens is 3. The summed E-state index contributed by atoms with van der Waals surface area (Å²) >= 11 is 1.45. The Kier molecular flexibility index (Phi) is 5.53. The summed E-state index contributed by atoms with van der Waals surface area (Å²) in [5.74, 6) is 0.431. The molecule has 0 aliphatic heterocycles. The quantitative estimate of drug-likeness (QED) is 0.622. The Hall–Kier alpha value is -2.45. The van der Waals surface area contributed by atoms with Crippen molar-refractivity contribution in [1.82, 2.24) is 14.3 Å². The average molecular weight is 374 g/mol. The number of nitrogens with zero attached hydrogens (tertiary/aromatic N) is 4. The molecule has 1 amide bonds. The van der Waals surface area contributed by atoms with Gasteiger partial charge in [0.1, 0.15) is 5.75 Å². The highest BCUT2D eigenvalue weighted by Crippen LogP contribution is 2.23. The molecule has 7 nitrogen and oxygen atoms in total. The zero-order valence-electron chi connectivity index (χ0n) is 15.4. The molecule has 0 unspecified atom stereocenters. The summed E-state index contributed by atoms with van der Waals surface area (Å²) in [4.78, 5) is 17.6. The standard InChI is InChI=1S/C18H22N4O3S/c1-5-25-9-8-22-14-7-6-13(24-4)10-15(14)26-18(22)19-17(23)16-12(2)11-21(3)20-16/h6-7,10-11H,5,8-9H2,1-4H3. The number of fused-ring (bicyclic) bond motifs is 1. The van der Waals surface area contributed by atoms with Crippen LogP contribution in [-0.4, -0.2) is 40.6 Å². The first-order chi connectivity index (χ1) is 12.5. The lowest BCUT2D eigenvalue weighted by Gasteiger charge is -2.06. The molecule has 3 aromatic rings. The molecule has 0 aliphatic rings. The van der Waals surface area contributed by atoms with Crippen LogP contribution in [0.4, 0.5) is 0 Å². The minimum Gasteiger partial charge on any atom is -0.497 e. The normalized spacial score (nSPS) is 12.1. The molecule has 0 bridgehead atoms. The molecule has 0 fully saturated rings. The fourth-order valence-electron chi connectivity index (χ4n) is 2.74. The van der Waals surface area contributed by atoms with Crippen LogP contribution >= 0.6 is 11.3 Å². The van der Waals surface area contributed by atoms with Crippen LogP contribution in [0.1, 0.15) is 23.0 Å². The van der Waals surface area contributed by atoms with E-state index in [1.165, 1.54) is 11.3 Å². The van der Waals surface area contributed by atoms with Crippen LogP contribution in [0.5, 0.6) is 5.75 Å². The Labute approximate surface area is 155 Å². The molecule has 138 valence electrons. The van der Waals surface area contributed by atoms with Crippen LogP contribution in [-0.2, 0) is 18.3 Å². The first-order valence-electron chi connectivity index (χ1n) is 8.38. The summed E-state index contributed by atoms with van der Waals surface area (Å²) in [6.45, 7) is 5.63. The number of hydrogen-bond donors (Lipinski definition) is 0. The predicted molar refractivity (Wildman–Crippen MR) is 101 cm³/mol. The zero-order valence-corrected chi connectivity index (χ0v) is 16.2. The van der Waals surface area contributed by atoms with E-state index < -0.39 is 0 Å². The number of hydrogen-bond acceptors (Lipinski definition) is 5. The summed E-state index contributed by atoms with van der Waals surface area (Å²) in [6.07, 6.45) is 1.81. The monoisotopic (exact) mass is 374 g/mol. The number of thiazole rings is 1. The summed E-state index contributed by atoms with van der Waals surface area (Å²) in [6, 6.07) is 5.83. The molecule has 3 rings (SSSR count). The maximum absolute atomic E-state index is 12.6. The smallest absolute Gasteiger partial charge is 0.300 e. The molecular weight excluding hydrogens is 352 g/mol. The van der Waals surface area contributed by atoms with Crippen molar-refractivity contribution < 1.29 is 14.3 Å². The second kappa shape index (κ2) is 7.84. The van der Waals surface area contributed by atoms with Crippen LogP contribution < -0.4 is 9.54 Å². The molecule has 0 spiro atoms. The van der Waals surface area contributed by atoms with Gasteiger partial charge in [0.05, 0.1) is 23.9 Å². The number of amides is 1. The number of carbonyl (C=O) groups excluding carboxylic acids is 1. The Morgan fingerprint density at radius 3 is 2.85 bits per heavy atom. The van der Waals surface area contributed by atoms with Crippen molar-refractivity contribution in [1.29, 1.82) is 0 Å². The van der Waals surface area contributed by atoms with Crippen LogP contribution in [0.15, 0.2) is 29.4 Å². The molecule has 0 saturated carbocycles. The van der Waals surface area contributed by atoms with E-state index in [-0.39, 0.29) is 5.91 Å². The molecule has 0 aliphatic carbocycles. The van der Waals surface area contributed by atoms with Gasteiger partial charge in [0, 0.05) is 32.0 Å². The van der Waals surface area contributed by atoms with Crippen LogP contribution in [0.3, 0.4) is 0 Å². The van der Waals surface area contributed by atoms with Crippen molar-refractivity contribution >= 4 is 27.5 Å². The van der Waals surface area contributed by atoms with Crippen molar-refractivity contribution in [3.05, 3.63) is 40.5 Å². The molecule has 1 aromatic carbocycles. The minimum atomic E-state index is -0.341. The second-order valence-electron chi connectivity index (χ2n) is 5.82. The maximum Gasteiger partial charge on any atom is 0.300 e. The summed E-state index contributed by atoms with van der Waals surface area (Å²) in [7, 11) is 3.42. The molecule has 2 heterocycles. The number of carbonyl (C=O) groups is 1. The van der Waals surface area contributed by atoms with E-state index in [4.69, 9.17) is 9.47 Å². The maximum atomic E-state index is 12.6. The Balaban J connectivity index is 2.08. The van der Waals surface area contributed by atoms with Crippen LogP contribution in [0.2, 0.25) is 0 Å². The summed E-state index contributed by atoms with van der Waals surface area (Å²) in [5, 5.41) is 4.22. The van der Waals surface area contributed by atoms with Gasteiger partial charge in [-0.2, -0.15) is 10.1 Å². The highest BCUT2D eigenvalue weighted by atomic mass is 32.1. The van der Waals surface area contributed by atoms with E-state index in [0.717, 1.165) is 21.5 Å². The number of aryl methyl sites for hydroxylation is 2.